The van der Waals surface area contributed by atoms with E-state index in [-0.39, 0.29) is 16.9 Å². The Balaban J connectivity index is 2.20. The van der Waals surface area contributed by atoms with Gasteiger partial charge in [-0.25, -0.2) is 0 Å². The molecule has 1 fully saturated rings. The molecule has 0 bridgehead atoms. The molecule has 0 amide bonds. The maximum absolute atomic E-state index is 12.8. The lowest BCUT2D eigenvalue weighted by atomic mass is 10.2. The van der Waals surface area contributed by atoms with Gasteiger partial charge in [-0.15, -0.1) is 10.2 Å². The maximum Gasteiger partial charge on any atom is 0.155 e. The van der Waals surface area contributed by atoms with E-state index in [4.69, 9.17) is 23.2 Å². The quantitative estimate of drug-likeness (QED) is 0.766. The molecular weight excluding hydrogens is 311 g/mol. The van der Waals surface area contributed by atoms with Crippen LogP contribution in [0, 0.1) is 5.92 Å². The van der Waals surface area contributed by atoms with Gasteiger partial charge in [0, 0.05) is 5.92 Å². The summed E-state index contributed by atoms with van der Waals surface area (Å²) in [6.07, 6.45) is 0.854. The Labute approximate surface area is 131 Å². The summed E-state index contributed by atoms with van der Waals surface area (Å²) in [5.74, 6) is 0.241. The number of carbonyl (C=O) groups is 1. The monoisotopic (exact) mass is 330 g/mol. The van der Waals surface area contributed by atoms with E-state index in [9.17, 15) is 4.79 Å². The van der Waals surface area contributed by atoms with E-state index in [1.807, 2.05) is 0 Å². The third kappa shape index (κ3) is 2.78. The number of carbonyl (C=O) groups excluding carboxylic acids is 1. The SMILES string of the molecule is CC(C)(C)[Si](C)(C)C(=O)C1CC1c1cc(Cl)nnc1Cl. The first-order valence-electron chi connectivity index (χ1n) is 6.78. The van der Waals surface area contributed by atoms with E-state index in [0.29, 0.717) is 15.7 Å². The van der Waals surface area contributed by atoms with E-state index < -0.39 is 8.07 Å². The predicted octanol–water partition coefficient (Wildman–Crippen LogP) is 4.50. The van der Waals surface area contributed by atoms with Crippen LogP contribution in [0.1, 0.15) is 38.7 Å². The minimum Gasteiger partial charge on any atom is -0.305 e. The average Bonchev–Trinajstić information content (AvgIpc) is 3.09. The van der Waals surface area contributed by atoms with Gasteiger partial charge in [0.05, 0.1) is 0 Å². The summed E-state index contributed by atoms with van der Waals surface area (Å²) < 4.78 is 0. The fraction of sp³-hybridized carbons (Fsp3) is 0.643. The van der Waals surface area contributed by atoms with Crippen LogP contribution in [0.5, 0.6) is 0 Å². The molecule has 1 saturated carbocycles. The lowest BCUT2D eigenvalue weighted by Crippen LogP contribution is -2.47. The molecule has 2 rings (SSSR count). The van der Waals surface area contributed by atoms with Crippen LogP contribution in [0.15, 0.2) is 6.07 Å². The number of hydrogen-bond acceptors (Lipinski definition) is 3. The molecule has 0 N–H and O–H groups in total. The van der Waals surface area contributed by atoms with Crippen molar-refractivity contribution in [1.29, 1.82) is 0 Å². The highest BCUT2D eigenvalue weighted by Gasteiger charge is 2.53. The first-order valence-corrected chi connectivity index (χ1v) is 10.5. The Morgan fingerprint density at radius 2 is 1.90 bits per heavy atom. The fourth-order valence-corrected chi connectivity index (χ4v) is 4.66. The summed E-state index contributed by atoms with van der Waals surface area (Å²) in [5, 5.41) is 8.73. The summed E-state index contributed by atoms with van der Waals surface area (Å²) in [6, 6.07) is 1.74. The van der Waals surface area contributed by atoms with Gasteiger partial charge in [0.1, 0.15) is 13.5 Å². The summed E-state index contributed by atoms with van der Waals surface area (Å²) >= 11 is 11.9. The van der Waals surface area contributed by atoms with Gasteiger partial charge in [-0.3, -0.25) is 0 Å². The molecule has 1 aliphatic rings. The van der Waals surface area contributed by atoms with Crippen molar-refractivity contribution < 1.29 is 4.79 Å². The molecule has 0 spiro atoms. The summed E-state index contributed by atoms with van der Waals surface area (Å²) in [7, 11) is -1.97. The minimum absolute atomic E-state index is 0.0646. The van der Waals surface area contributed by atoms with Gasteiger partial charge in [0.15, 0.2) is 10.3 Å². The largest absolute Gasteiger partial charge is 0.305 e. The molecule has 0 aromatic carbocycles. The van der Waals surface area contributed by atoms with Crippen LogP contribution in [0.2, 0.25) is 28.4 Å². The van der Waals surface area contributed by atoms with Gasteiger partial charge in [-0.1, -0.05) is 57.1 Å². The molecule has 0 radical (unpaired) electrons. The van der Waals surface area contributed by atoms with Crippen molar-refractivity contribution in [2.45, 2.75) is 51.2 Å². The van der Waals surface area contributed by atoms with E-state index in [2.05, 4.69) is 44.1 Å². The molecule has 1 aromatic heterocycles. The van der Waals surface area contributed by atoms with Crippen LogP contribution in [0.4, 0.5) is 0 Å². The molecule has 110 valence electrons. The molecule has 3 nitrogen and oxygen atoms in total. The zero-order valence-corrected chi connectivity index (χ0v) is 15.0. The summed E-state index contributed by atoms with van der Waals surface area (Å²) in [4.78, 5) is 12.8. The van der Waals surface area contributed by atoms with Gasteiger partial charge < -0.3 is 4.79 Å². The number of halogens is 2. The molecule has 0 aliphatic heterocycles. The molecular formula is C14H20Cl2N2OSi. The normalized spacial score (nSPS) is 22.8. The number of hydrogen-bond donors (Lipinski definition) is 0. The second-order valence-corrected chi connectivity index (χ2v) is 13.1. The standard InChI is InChI=1S/C14H20Cl2N2OSi/c1-14(2,3)20(4,5)13(19)10-6-8(10)9-7-11(15)17-18-12(9)16/h7-8,10H,6H2,1-5H3. The molecule has 0 saturated heterocycles. The zero-order chi connectivity index (χ0) is 15.3. The van der Waals surface area contributed by atoms with Crippen molar-refractivity contribution in [3.05, 3.63) is 21.9 Å². The second-order valence-electron chi connectivity index (χ2n) is 7.10. The molecule has 1 aromatic rings. The maximum atomic E-state index is 12.8. The second kappa shape index (κ2) is 5.07. The van der Waals surface area contributed by atoms with Crippen molar-refractivity contribution in [2.24, 2.45) is 5.92 Å². The molecule has 2 unspecified atom stereocenters. The van der Waals surface area contributed by atoms with Crippen molar-refractivity contribution in [3.8, 4) is 0 Å². The third-order valence-corrected chi connectivity index (χ3v) is 10.6. The molecule has 6 heteroatoms. The minimum atomic E-state index is -1.97. The van der Waals surface area contributed by atoms with Gasteiger partial charge in [-0.2, -0.15) is 0 Å². The Hall–Kier alpha value is -0.453. The highest BCUT2D eigenvalue weighted by Crippen LogP contribution is 2.53. The van der Waals surface area contributed by atoms with Gasteiger partial charge in [0.2, 0.25) is 0 Å². The molecule has 20 heavy (non-hydrogen) atoms. The van der Waals surface area contributed by atoms with Crippen LogP contribution in [-0.4, -0.2) is 23.7 Å². The molecule has 2 atom stereocenters. The Morgan fingerprint density at radius 3 is 2.45 bits per heavy atom. The zero-order valence-electron chi connectivity index (χ0n) is 12.5. The topological polar surface area (TPSA) is 42.9 Å². The summed E-state index contributed by atoms with van der Waals surface area (Å²) in [6.45, 7) is 10.8. The van der Waals surface area contributed by atoms with Crippen LogP contribution >= 0.6 is 23.2 Å². The Bertz CT molecular complexity index is 555. The number of aromatic nitrogens is 2. The highest BCUT2D eigenvalue weighted by atomic mass is 35.5. The Morgan fingerprint density at radius 1 is 1.30 bits per heavy atom. The van der Waals surface area contributed by atoms with Crippen LogP contribution in [-0.2, 0) is 4.79 Å². The van der Waals surface area contributed by atoms with E-state index in [1.54, 1.807) is 6.07 Å². The first-order chi connectivity index (χ1) is 9.05. The smallest absolute Gasteiger partial charge is 0.155 e. The molecule has 1 aliphatic carbocycles. The number of nitrogens with zero attached hydrogens (tertiary/aromatic N) is 2. The van der Waals surface area contributed by atoms with Crippen molar-refractivity contribution in [1.82, 2.24) is 10.2 Å². The molecule has 1 heterocycles. The van der Waals surface area contributed by atoms with Crippen molar-refractivity contribution in [3.63, 3.8) is 0 Å². The highest BCUT2D eigenvalue weighted by molar-refractivity contribution is 7.06. The van der Waals surface area contributed by atoms with Gasteiger partial charge >= 0.3 is 0 Å². The van der Waals surface area contributed by atoms with Crippen LogP contribution in [0.3, 0.4) is 0 Å². The average molecular weight is 331 g/mol. The van der Waals surface area contributed by atoms with Crippen LogP contribution in [0.25, 0.3) is 0 Å². The van der Waals surface area contributed by atoms with E-state index in [0.717, 1.165) is 12.0 Å². The fourth-order valence-electron chi connectivity index (χ4n) is 2.29. The predicted molar refractivity (Wildman–Crippen MR) is 85.1 cm³/mol. The van der Waals surface area contributed by atoms with Crippen molar-refractivity contribution in [2.75, 3.05) is 0 Å². The van der Waals surface area contributed by atoms with Crippen LogP contribution < -0.4 is 0 Å². The van der Waals surface area contributed by atoms with Crippen molar-refractivity contribution >= 4 is 36.7 Å². The van der Waals surface area contributed by atoms with Gasteiger partial charge in [0.25, 0.3) is 0 Å². The van der Waals surface area contributed by atoms with Gasteiger partial charge in [-0.05, 0) is 29.0 Å². The summed E-state index contributed by atoms with van der Waals surface area (Å²) in [5.41, 5.74) is 0.865. The van der Waals surface area contributed by atoms with E-state index in [1.165, 1.54) is 0 Å². The Kier molecular flexibility index (Phi) is 4.04. The lowest BCUT2D eigenvalue weighted by Gasteiger charge is -2.35. The number of rotatable bonds is 3. The third-order valence-electron chi connectivity index (χ3n) is 4.76. The lowest BCUT2D eigenvalue weighted by molar-refractivity contribution is -0.114. The first kappa shape index (κ1) is 15.9. The van der Waals surface area contributed by atoms with E-state index >= 15 is 0 Å².